The van der Waals surface area contributed by atoms with Crippen LogP contribution in [0.3, 0.4) is 0 Å². The summed E-state index contributed by atoms with van der Waals surface area (Å²) in [6.07, 6.45) is 9.20. The van der Waals surface area contributed by atoms with Gasteiger partial charge in [0.15, 0.2) is 17.3 Å². The molecule has 3 aromatic rings. The van der Waals surface area contributed by atoms with E-state index >= 15 is 0 Å². The maximum atomic E-state index is 5.54. The Morgan fingerprint density at radius 1 is 1.07 bits per heavy atom. The molecule has 0 spiro atoms. The fourth-order valence-corrected chi connectivity index (χ4v) is 3.73. The number of anilines is 1. The van der Waals surface area contributed by atoms with Crippen LogP contribution in [0.25, 0.3) is 11.5 Å². The summed E-state index contributed by atoms with van der Waals surface area (Å²) < 4.78 is 16.3. The number of ether oxygens (including phenoxy) is 2. The molecule has 2 aliphatic rings. The number of hydrogen-bond donors (Lipinski definition) is 1. The highest BCUT2D eigenvalue weighted by atomic mass is 16.7. The van der Waals surface area contributed by atoms with E-state index in [0.29, 0.717) is 29.7 Å². The van der Waals surface area contributed by atoms with Crippen LogP contribution in [0.4, 0.5) is 5.82 Å². The first kappa shape index (κ1) is 17.0. The Labute approximate surface area is 162 Å². The first-order valence-electron chi connectivity index (χ1n) is 9.63. The molecule has 1 aliphatic carbocycles. The molecule has 1 N–H and O–H groups in total. The molecule has 5 rings (SSSR count). The largest absolute Gasteiger partial charge is 0.454 e. The first-order chi connectivity index (χ1) is 13.9. The van der Waals surface area contributed by atoms with Crippen molar-refractivity contribution in [2.45, 2.75) is 44.6 Å². The fraction of sp³-hybridized carbons (Fsp3) is 0.400. The summed E-state index contributed by atoms with van der Waals surface area (Å²) in [6, 6.07) is 5.87. The molecule has 0 amide bonds. The summed E-state index contributed by atoms with van der Waals surface area (Å²) in [6.45, 7) is 0.840. The third-order valence-electron chi connectivity index (χ3n) is 5.25. The van der Waals surface area contributed by atoms with Crippen molar-refractivity contribution in [3.8, 4) is 23.0 Å². The zero-order valence-corrected chi connectivity index (χ0v) is 15.4. The van der Waals surface area contributed by atoms with E-state index in [2.05, 4.69) is 25.4 Å². The molecule has 1 fully saturated rings. The van der Waals surface area contributed by atoms with E-state index in [1.807, 2.05) is 18.2 Å². The Balaban J connectivity index is 1.34. The van der Waals surface area contributed by atoms with Crippen LogP contribution in [0.1, 0.15) is 49.4 Å². The summed E-state index contributed by atoms with van der Waals surface area (Å²) >= 11 is 0. The number of nitrogens with zero attached hydrogens (tertiary/aromatic N) is 4. The minimum absolute atomic E-state index is 0.267. The highest BCUT2D eigenvalue weighted by molar-refractivity contribution is 5.67. The molecular weight excluding hydrogens is 358 g/mol. The Hall–Kier alpha value is -3.16. The molecule has 144 valence electrons. The topological polar surface area (TPSA) is 95.2 Å². The van der Waals surface area contributed by atoms with Crippen LogP contribution in [-0.2, 0) is 6.54 Å². The summed E-state index contributed by atoms with van der Waals surface area (Å²) in [5.41, 5.74) is 1.76. The summed E-state index contributed by atoms with van der Waals surface area (Å²) in [7, 11) is 0. The molecule has 0 unspecified atom stereocenters. The number of fused-ring (bicyclic) bond motifs is 1. The molecule has 1 saturated carbocycles. The lowest BCUT2D eigenvalue weighted by Gasteiger charge is -2.17. The maximum absolute atomic E-state index is 5.54. The highest BCUT2D eigenvalue weighted by Gasteiger charge is 2.22. The molecular formula is C20H21N5O3. The number of nitrogens with one attached hydrogen (secondary N) is 1. The molecule has 28 heavy (non-hydrogen) atoms. The minimum Gasteiger partial charge on any atom is -0.454 e. The molecule has 8 nitrogen and oxygen atoms in total. The lowest BCUT2D eigenvalue weighted by molar-refractivity contribution is 0.174. The zero-order chi connectivity index (χ0) is 18.8. The molecule has 0 atom stereocenters. The minimum atomic E-state index is 0.267. The van der Waals surface area contributed by atoms with Crippen LogP contribution in [0, 0.1) is 0 Å². The van der Waals surface area contributed by atoms with Gasteiger partial charge in [0, 0.05) is 18.7 Å². The molecule has 1 aromatic carbocycles. The van der Waals surface area contributed by atoms with Crippen LogP contribution >= 0.6 is 0 Å². The Kier molecular flexibility index (Phi) is 4.52. The number of rotatable bonds is 5. The van der Waals surface area contributed by atoms with Gasteiger partial charge in [0.05, 0.1) is 0 Å². The second-order valence-electron chi connectivity index (χ2n) is 7.12. The number of hydrogen-bond acceptors (Lipinski definition) is 8. The summed E-state index contributed by atoms with van der Waals surface area (Å²) in [4.78, 5) is 13.1. The quantitative estimate of drug-likeness (QED) is 0.713. The van der Waals surface area contributed by atoms with E-state index in [1.165, 1.54) is 25.6 Å². The average Bonchev–Trinajstić information content (AvgIpc) is 3.42. The third kappa shape index (κ3) is 3.37. The maximum Gasteiger partial charge on any atom is 0.263 e. The van der Waals surface area contributed by atoms with Crippen molar-refractivity contribution in [2.24, 2.45) is 0 Å². The molecule has 8 heteroatoms. The third-order valence-corrected chi connectivity index (χ3v) is 5.25. The molecule has 0 saturated heterocycles. The molecule has 0 radical (unpaired) electrons. The van der Waals surface area contributed by atoms with E-state index in [0.717, 1.165) is 35.7 Å². The zero-order valence-electron chi connectivity index (χ0n) is 15.4. The van der Waals surface area contributed by atoms with E-state index in [4.69, 9.17) is 14.0 Å². The van der Waals surface area contributed by atoms with Gasteiger partial charge in [-0.05, 0) is 30.5 Å². The smallest absolute Gasteiger partial charge is 0.263 e. The predicted molar refractivity (Wildman–Crippen MR) is 101 cm³/mol. The van der Waals surface area contributed by atoms with Crippen LogP contribution in [0.15, 0.2) is 35.2 Å². The van der Waals surface area contributed by atoms with Gasteiger partial charge in [-0.3, -0.25) is 0 Å². The van der Waals surface area contributed by atoms with E-state index in [-0.39, 0.29) is 6.79 Å². The van der Waals surface area contributed by atoms with Crippen molar-refractivity contribution >= 4 is 5.82 Å². The van der Waals surface area contributed by atoms with Crippen LogP contribution < -0.4 is 14.8 Å². The van der Waals surface area contributed by atoms with Crippen molar-refractivity contribution in [1.82, 2.24) is 20.1 Å². The van der Waals surface area contributed by atoms with Crippen molar-refractivity contribution < 1.29 is 14.0 Å². The van der Waals surface area contributed by atoms with Crippen molar-refractivity contribution in [3.05, 3.63) is 42.1 Å². The van der Waals surface area contributed by atoms with Crippen LogP contribution in [-0.4, -0.2) is 26.9 Å². The van der Waals surface area contributed by atoms with E-state index in [1.54, 1.807) is 6.20 Å². The molecule has 1 aliphatic heterocycles. The predicted octanol–water partition coefficient (Wildman–Crippen LogP) is 3.92. The second-order valence-corrected chi connectivity index (χ2v) is 7.12. The molecule has 2 aromatic heterocycles. The van der Waals surface area contributed by atoms with Gasteiger partial charge in [0.2, 0.25) is 6.79 Å². The lowest BCUT2D eigenvalue weighted by atomic mass is 9.89. The van der Waals surface area contributed by atoms with Gasteiger partial charge in [-0.15, -0.1) is 0 Å². The van der Waals surface area contributed by atoms with Crippen LogP contribution in [0.2, 0.25) is 0 Å². The van der Waals surface area contributed by atoms with Crippen molar-refractivity contribution in [2.75, 3.05) is 12.1 Å². The highest BCUT2D eigenvalue weighted by Crippen LogP contribution is 2.34. The van der Waals surface area contributed by atoms with Gasteiger partial charge in [-0.2, -0.15) is 4.98 Å². The summed E-state index contributed by atoms with van der Waals surface area (Å²) in [5.74, 6) is 3.82. The van der Waals surface area contributed by atoms with Crippen LogP contribution in [0.5, 0.6) is 11.5 Å². The van der Waals surface area contributed by atoms with E-state index < -0.39 is 0 Å². The van der Waals surface area contributed by atoms with Gasteiger partial charge < -0.3 is 19.3 Å². The van der Waals surface area contributed by atoms with Gasteiger partial charge in [0.1, 0.15) is 17.7 Å². The van der Waals surface area contributed by atoms with E-state index in [9.17, 15) is 0 Å². The van der Waals surface area contributed by atoms with Crippen molar-refractivity contribution in [3.63, 3.8) is 0 Å². The Morgan fingerprint density at radius 3 is 2.89 bits per heavy atom. The fourth-order valence-electron chi connectivity index (χ4n) is 3.73. The second kappa shape index (κ2) is 7.46. The SMILES string of the molecule is c1ncc(-c2nc(C3CCCCC3)no2)c(NCc2ccc3c(c2)OCO3)n1. The normalized spacial score (nSPS) is 16.3. The molecule has 0 bridgehead atoms. The molecule has 3 heterocycles. The lowest BCUT2D eigenvalue weighted by Crippen LogP contribution is -2.06. The van der Waals surface area contributed by atoms with Gasteiger partial charge >= 0.3 is 0 Å². The Morgan fingerprint density at radius 2 is 1.96 bits per heavy atom. The first-order valence-corrected chi connectivity index (χ1v) is 9.63. The average molecular weight is 379 g/mol. The number of aromatic nitrogens is 4. The number of benzene rings is 1. The summed E-state index contributed by atoms with van der Waals surface area (Å²) in [5, 5.41) is 7.55. The standard InChI is InChI=1S/C20H21N5O3/c1-2-4-14(5-3-1)18-24-20(28-25-18)15-10-21-11-23-19(15)22-9-13-6-7-16-17(8-13)27-12-26-16/h6-8,10-11,14H,1-5,9,12H2,(H,21,22,23). The van der Waals surface area contributed by atoms with Gasteiger partial charge in [0.25, 0.3) is 5.89 Å². The monoisotopic (exact) mass is 379 g/mol. The van der Waals surface area contributed by atoms with Gasteiger partial charge in [-0.1, -0.05) is 30.5 Å². The van der Waals surface area contributed by atoms with Gasteiger partial charge in [-0.25, -0.2) is 9.97 Å². The van der Waals surface area contributed by atoms with Crippen molar-refractivity contribution in [1.29, 1.82) is 0 Å². The Bertz CT molecular complexity index is 968.